The van der Waals surface area contributed by atoms with E-state index in [-0.39, 0.29) is 31.2 Å². The lowest BCUT2D eigenvalue weighted by atomic mass is 9.92. The Morgan fingerprint density at radius 3 is 2.46 bits per heavy atom. The molecule has 3 heterocycles. The van der Waals surface area contributed by atoms with E-state index in [1.54, 1.807) is 31.2 Å². The number of rotatable bonds is 8. The van der Waals surface area contributed by atoms with Crippen molar-refractivity contribution in [2.45, 2.75) is 113 Å². The molecular weight excluding hydrogens is 762 g/mol. The molecule has 2 aromatic rings. The maximum absolute atomic E-state index is 14.6. The Morgan fingerprint density at radius 2 is 1.79 bits per heavy atom. The van der Waals surface area contributed by atoms with Crippen LogP contribution < -0.4 is 24.8 Å². The third-order valence-electron chi connectivity index (χ3n) is 11.0. The molecular formula is C37H47F3N6O9S. The van der Waals surface area contributed by atoms with Crippen LogP contribution in [0.5, 0.6) is 11.6 Å². The highest BCUT2D eigenvalue weighted by atomic mass is 32.2. The van der Waals surface area contributed by atoms with Crippen molar-refractivity contribution in [3.63, 3.8) is 0 Å². The maximum atomic E-state index is 14.6. The molecule has 4 amide bonds. The lowest BCUT2D eigenvalue weighted by molar-refractivity contribution is -0.244. The van der Waals surface area contributed by atoms with Gasteiger partial charge in [-0.3, -0.25) is 19.1 Å². The molecule has 1 aromatic heterocycles. The summed E-state index contributed by atoms with van der Waals surface area (Å²) in [5.41, 5.74) is -3.53. The van der Waals surface area contributed by atoms with Crippen LogP contribution in [0.4, 0.5) is 18.0 Å². The Labute approximate surface area is 322 Å². The summed E-state index contributed by atoms with van der Waals surface area (Å²) in [4.78, 5) is 65.8. The zero-order valence-electron chi connectivity index (χ0n) is 31.7. The topological polar surface area (TPSA) is 195 Å². The minimum atomic E-state index is -4.91. The molecule has 7 atom stereocenters. The summed E-state index contributed by atoms with van der Waals surface area (Å²) < 4.78 is 85.1. The number of carbonyl (C=O) groups excluding carboxylic acids is 4. The Kier molecular flexibility index (Phi) is 11.2. The van der Waals surface area contributed by atoms with Crippen molar-refractivity contribution >= 4 is 44.9 Å². The van der Waals surface area contributed by atoms with Gasteiger partial charge < -0.3 is 29.7 Å². The zero-order valence-corrected chi connectivity index (χ0v) is 32.5. The molecule has 19 heteroatoms. The largest absolute Gasteiger partial charge is 0.497 e. The molecule has 1 aromatic carbocycles. The second-order valence-corrected chi connectivity index (χ2v) is 17.7. The number of halogens is 3. The number of carbonyl (C=O) groups is 4. The lowest BCUT2D eigenvalue weighted by Crippen LogP contribution is -2.59. The number of alkyl halides is 3. The zero-order chi connectivity index (χ0) is 40.8. The first-order valence-electron chi connectivity index (χ1n) is 18.6. The van der Waals surface area contributed by atoms with Gasteiger partial charge in [0.2, 0.25) is 33.3 Å². The van der Waals surface area contributed by atoms with Gasteiger partial charge in [-0.15, -0.1) is 0 Å². The molecule has 6 rings (SSSR count). The van der Waals surface area contributed by atoms with E-state index in [9.17, 15) is 40.8 Å². The average molecular weight is 809 g/mol. The first-order chi connectivity index (χ1) is 26.2. The molecule has 15 nitrogen and oxygen atoms in total. The van der Waals surface area contributed by atoms with E-state index in [0.717, 1.165) is 4.90 Å². The summed E-state index contributed by atoms with van der Waals surface area (Å²) in [5, 5.41) is 4.42. The molecule has 3 N–H and O–H groups in total. The van der Waals surface area contributed by atoms with E-state index < -0.39 is 86.4 Å². The SMILES string of the molecule is COc1ccc2ncc(O[C@@H]3C[C@H]4C(=O)N[C@]5(C(=O)NS(=O)(=O)C6CC6)C[C@H]5/C=C\[C@H](C)CCC[C@@H](C)[C@H](NC(=O)OC(C)(C)C(F)(F)F)C(=O)N4C3)nc2c1. The number of nitrogens with zero attached hydrogens (tertiary/aromatic N) is 3. The molecule has 56 heavy (non-hydrogen) atoms. The Bertz CT molecular complexity index is 2010. The maximum Gasteiger partial charge on any atom is 0.427 e. The number of ether oxygens (including phenoxy) is 3. The highest BCUT2D eigenvalue weighted by Crippen LogP contribution is 2.46. The Balaban J connectivity index is 1.33. The monoisotopic (exact) mass is 808 g/mol. The Hall–Kier alpha value is -4.68. The van der Waals surface area contributed by atoms with Crippen LogP contribution in [-0.2, 0) is 29.1 Å². The van der Waals surface area contributed by atoms with Crippen LogP contribution in [0.2, 0.25) is 0 Å². The Morgan fingerprint density at radius 1 is 1.05 bits per heavy atom. The fourth-order valence-electron chi connectivity index (χ4n) is 7.09. The van der Waals surface area contributed by atoms with Gasteiger partial charge in [0.05, 0.1) is 36.1 Å². The molecule has 0 bridgehead atoms. The molecule has 0 spiro atoms. The molecule has 0 radical (unpaired) electrons. The van der Waals surface area contributed by atoms with Gasteiger partial charge >= 0.3 is 12.3 Å². The molecule has 1 saturated heterocycles. The summed E-state index contributed by atoms with van der Waals surface area (Å²) in [7, 11) is -2.48. The number of methoxy groups -OCH3 is 1. The van der Waals surface area contributed by atoms with Crippen molar-refractivity contribution in [2.24, 2.45) is 17.8 Å². The van der Waals surface area contributed by atoms with Gasteiger partial charge in [-0.25, -0.2) is 23.2 Å². The third kappa shape index (κ3) is 8.81. The van der Waals surface area contributed by atoms with E-state index in [1.807, 2.05) is 13.0 Å². The van der Waals surface area contributed by atoms with Crippen LogP contribution in [0.1, 0.15) is 72.6 Å². The standard InChI is InChI=1S/C37H47F3N6O9S/c1-20-7-6-8-21(2)30(43-34(50)55-35(3,4)37(38,39)40)32(48)46-19-24(54-29-18-41-26-14-11-23(53-5)15-27(26)42-29)16-28(46)31(47)44-36(17-22(36)10-9-20)33(49)45-56(51,52)25-12-13-25/h9-11,14-15,18,20-22,24-25,28,30H,6-8,12-13,16-17,19H2,1-5H3,(H,43,50)(H,44,47)(H,45,49)/b10-9-/t20-,21-,22-,24-,28+,30+,36-/m1/s1. The van der Waals surface area contributed by atoms with Crippen LogP contribution in [0, 0.1) is 17.8 Å². The summed E-state index contributed by atoms with van der Waals surface area (Å²) in [6.07, 6.45) is 0.107. The van der Waals surface area contributed by atoms with Gasteiger partial charge in [0.25, 0.3) is 5.91 Å². The minimum Gasteiger partial charge on any atom is -0.497 e. The van der Waals surface area contributed by atoms with Crippen molar-refractivity contribution in [1.82, 2.24) is 30.2 Å². The number of hydrogen-bond donors (Lipinski definition) is 3. The minimum absolute atomic E-state index is 0.0282. The molecule has 0 unspecified atom stereocenters. The molecule has 2 aliphatic heterocycles. The fourth-order valence-corrected chi connectivity index (χ4v) is 8.46. The van der Waals surface area contributed by atoms with Crippen molar-refractivity contribution in [3.8, 4) is 11.6 Å². The van der Waals surface area contributed by atoms with Crippen molar-refractivity contribution in [2.75, 3.05) is 13.7 Å². The number of amides is 4. The van der Waals surface area contributed by atoms with E-state index in [2.05, 4.69) is 25.3 Å². The number of hydrogen-bond acceptors (Lipinski definition) is 11. The highest BCUT2D eigenvalue weighted by molar-refractivity contribution is 7.91. The van der Waals surface area contributed by atoms with Gasteiger partial charge in [-0.2, -0.15) is 13.2 Å². The number of sulfonamides is 1. The van der Waals surface area contributed by atoms with Crippen molar-refractivity contribution in [1.29, 1.82) is 0 Å². The van der Waals surface area contributed by atoms with Crippen LogP contribution in [0.15, 0.2) is 36.5 Å². The molecule has 2 saturated carbocycles. The molecule has 4 aliphatic rings. The number of allylic oxidation sites excluding steroid dienone is 1. The van der Waals surface area contributed by atoms with Crippen LogP contribution in [0.25, 0.3) is 11.0 Å². The summed E-state index contributed by atoms with van der Waals surface area (Å²) >= 11 is 0. The number of benzene rings is 1. The number of aromatic nitrogens is 2. The van der Waals surface area contributed by atoms with E-state index in [4.69, 9.17) is 14.2 Å². The van der Waals surface area contributed by atoms with Crippen LogP contribution in [0.3, 0.4) is 0 Å². The van der Waals surface area contributed by atoms with Gasteiger partial charge in [0.15, 0.2) is 0 Å². The number of alkyl carbamates (subject to hydrolysis) is 1. The van der Waals surface area contributed by atoms with Gasteiger partial charge in [0, 0.05) is 18.4 Å². The van der Waals surface area contributed by atoms with Crippen LogP contribution >= 0.6 is 0 Å². The smallest absolute Gasteiger partial charge is 0.427 e. The van der Waals surface area contributed by atoms with Gasteiger partial charge in [0.1, 0.15) is 29.5 Å². The van der Waals surface area contributed by atoms with Crippen LogP contribution in [-0.4, -0.2) is 102 Å². The number of nitrogens with one attached hydrogen (secondary N) is 3. The molecule has 2 aliphatic carbocycles. The van der Waals surface area contributed by atoms with Gasteiger partial charge in [-0.05, 0) is 69.9 Å². The predicted octanol–water partition coefficient (Wildman–Crippen LogP) is 3.92. The van der Waals surface area contributed by atoms with E-state index in [1.165, 1.54) is 13.3 Å². The average Bonchev–Trinajstić information content (AvgIpc) is 4.05. The summed E-state index contributed by atoms with van der Waals surface area (Å²) in [5.74, 6) is -3.09. The summed E-state index contributed by atoms with van der Waals surface area (Å²) in [6, 6.07) is 2.32. The highest BCUT2D eigenvalue weighted by Gasteiger charge is 2.62. The van der Waals surface area contributed by atoms with Gasteiger partial charge in [-0.1, -0.05) is 32.4 Å². The molecule has 306 valence electrons. The quantitative estimate of drug-likeness (QED) is 0.327. The number of fused-ring (bicyclic) bond motifs is 3. The second-order valence-electron chi connectivity index (χ2n) is 15.8. The van der Waals surface area contributed by atoms with E-state index >= 15 is 0 Å². The second kappa shape index (κ2) is 15.3. The van der Waals surface area contributed by atoms with Crippen molar-refractivity contribution in [3.05, 3.63) is 36.5 Å². The normalized spacial score (nSPS) is 29.5. The fraction of sp³-hybridized carbons (Fsp3) is 0.622. The first-order valence-corrected chi connectivity index (χ1v) is 20.2. The first kappa shape index (κ1) is 41.0. The lowest BCUT2D eigenvalue weighted by Gasteiger charge is -2.33. The third-order valence-corrected chi connectivity index (χ3v) is 12.8. The predicted molar refractivity (Wildman–Crippen MR) is 195 cm³/mol. The molecule has 3 fully saturated rings. The van der Waals surface area contributed by atoms with E-state index in [0.29, 0.717) is 62.7 Å². The summed E-state index contributed by atoms with van der Waals surface area (Å²) in [6.45, 7) is 4.75. The van der Waals surface area contributed by atoms with Crippen molar-refractivity contribution < 1.29 is 55.0 Å².